The third-order valence-corrected chi connectivity index (χ3v) is 6.25. The molecular formula is C29H43N3O. The molecule has 4 nitrogen and oxygen atoms in total. The first-order valence-electron chi connectivity index (χ1n) is 13.3. The Morgan fingerprint density at radius 3 is 2.30 bits per heavy atom. The van der Waals surface area contributed by atoms with E-state index in [0.717, 1.165) is 48.0 Å². The molecule has 2 N–H and O–H groups in total. The Morgan fingerprint density at radius 2 is 1.58 bits per heavy atom. The number of aliphatic imine (C=N–C) groups is 1. The first-order chi connectivity index (χ1) is 16.3. The topological polar surface area (TPSA) is 53.2 Å². The summed E-state index contributed by atoms with van der Waals surface area (Å²) in [5.41, 5.74) is 5.25. The van der Waals surface area contributed by atoms with E-state index in [1.54, 1.807) is 0 Å². The molecule has 0 radical (unpaired) electrons. The van der Waals surface area contributed by atoms with E-state index in [9.17, 15) is 0 Å². The molecule has 0 spiro atoms. The maximum atomic E-state index is 6.11. The Morgan fingerprint density at radius 1 is 0.848 bits per heavy atom. The third kappa shape index (κ3) is 8.75. The molecule has 0 fully saturated rings. The van der Waals surface area contributed by atoms with Crippen molar-refractivity contribution in [3.05, 3.63) is 65.1 Å². The van der Waals surface area contributed by atoms with Crippen LogP contribution in [0.15, 0.2) is 53.0 Å². The molecule has 180 valence electrons. The molecule has 1 aliphatic heterocycles. The second-order valence-electron chi connectivity index (χ2n) is 9.19. The molecule has 2 aromatic heterocycles. The zero-order valence-corrected chi connectivity index (χ0v) is 20.8. The predicted molar refractivity (Wildman–Crippen MR) is 141 cm³/mol. The van der Waals surface area contributed by atoms with E-state index in [-0.39, 0.29) is 0 Å². The van der Waals surface area contributed by atoms with Crippen LogP contribution in [0.4, 0.5) is 0 Å². The van der Waals surface area contributed by atoms with Gasteiger partial charge in [0.1, 0.15) is 11.5 Å². The highest BCUT2D eigenvalue weighted by Crippen LogP contribution is 2.25. The molecule has 3 rings (SSSR count). The molecule has 1 aliphatic rings. The van der Waals surface area contributed by atoms with E-state index in [4.69, 9.17) is 9.73 Å². The average molecular weight is 450 g/mol. The number of hydrogen-bond donors (Lipinski definition) is 2. The van der Waals surface area contributed by atoms with Gasteiger partial charge in [-0.1, -0.05) is 78.1 Å². The van der Waals surface area contributed by atoms with Gasteiger partial charge in [-0.3, -0.25) is 0 Å². The van der Waals surface area contributed by atoms with Crippen LogP contribution >= 0.6 is 0 Å². The lowest BCUT2D eigenvalue weighted by Crippen LogP contribution is -1.96. The van der Waals surface area contributed by atoms with Crippen LogP contribution in [0.1, 0.15) is 108 Å². The van der Waals surface area contributed by atoms with Crippen LogP contribution in [-0.2, 0) is 11.2 Å². The highest BCUT2D eigenvalue weighted by molar-refractivity contribution is 6.11. The lowest BCUT2D eigenvalue weighted by Gasteiger charge is -2.07. The summed E-state index contributed by atoms with van der Waals surface area (Å²) in [6, 6.07) is 8.42. The molecule has 2 aromatic rings. The summed E-state index contributed by atoms with van der Waals surface area (Å²) in [4.78, 5) is 11.7. The van der Waals surface area contributed by atoms with Crippen LogP contribution in [0.3, 0.4) is 0 Å². The van der Waals surface area contributed by atoms with Crippen molar-refractivity contribution in [1.82, 2.24) is 9.97 Å². The van der Waals surface area contributed by atoms with Crippen LogP contribution in [0.5, 0.6) is 0 Å². The van der Waals surface area contributed by atoms with E-state index in [0.29, 0.717) is 0 Å². The van der Waals surface area contributed by atoms with Crippen molar-refractivity contribution in [2.24, 2.45) is 4.99 Å². The molecule has 0 aliphatic carbocycles. The molecule has 0 atom stereocenters. The SMILES string of the molecule is CCCCCCCCCCCc1ccc(/C=C2\N=C(c3ccc[nH]3)C=C2OCCCCC)[nH]1. The predicted octanol–water partition coefficient (Wildman–Crippen LogP) is 8.35. The van der Waals surface area contributed by atoms with Crippen LogP contribution in [0, 0.1) is 0 Å². The van der Waals surface area contributed by atoms with E-state index >= 15 is 0 Å². The fraction of sp³-hybridized carbons (Fsp3) is 0.552. The fourth-order valence-electron chi connectivity index (χ4n) is 4.26. The maximum absolute atomic E-state index is 6.11. The molecule has 0 unspecified atom stereocenters. The number of nitrogens with one attached hydrogen (secondary N) is 2. The highest BCUT2D eigenvalue weighted by atomic mass is 16.5. The Bertz CT molecular complexity index is 886. The largest absolute Gasteiger partial charge is 0.491 e. The number of aryl methyl sites for hydroxylation is 1. The molecule has 0 saturated heterocycles. The summed E-state index contributed by atoms with van der Waals surface area (Å²) in [5.74, 6) is 0.866. The Labute approximate surface area is 200 Å². The molecule has 4 heteroatoms. The normalized spacial score (nSPS) is 14.7. The zero-order valence-electron chi connectivity index (χ0n) is 20.8. The van der Waals surface area contributed by atoms with Gasteiger partial charge in [-0.05, 0) is 49.6 Å². The lowest BCUT2D eigenvalue weighted by molar-refractivity contribution is 0.214. The molecule has 0 bridgehead atoms. The minimum absolute atomic E-state index is 0.735. The number of aromatic nitrogens is 2. The summed E-state index contributed by atoms with van der Waals surface area (Å²) < 4.78 is 6.11. The number of unbranched alkanes of at least 4 members (excludes halogenated alkanes) is 10. The summed E-state index contributed by atoms with van der Waals surface area (Å²) in [6.45, 7) is 5.23. The van der Waals surface area contributed by atoms with Gasteiger partial charge >= 0.3 is 0 Å². The van der Waals surface area contributed by atoms with E-state index in [1.165, 1.54) is 76.3 Å². The number of aromatic amines is 2. The molecule has 33 heavy (non-hydrogen) atoms. The number of hydrogen-bond acceptors (Lipinski definition) is 2. The summed E-state index contributed by atoms with van der Waals surface area (Å²) >= 11 is 0. The Hall–Kier alpha value is -2.49. The van der Waals surface area contributed by atoms with Gasteiger partial charge in [0, 0.05) is 23.7 Å². The average Bonchev–Trinajstić information content (AvgIpc) is 3.58. The number of rotatable bonds is 17. The van der Waals surface area contributed by atoms with Crippen molar-refractivity contribution in [2.45, 2.75) is 97.3 Å². The fourth-order valence-corrected chi connectivity index (χ4v) is 4.26. The van der Waals surface area contributed by atoms with Crippen molar-refractivity contribution in [2.75, 3.05) is 6.61 Å². The quantitative estimate of drug-likeness (QED) is 0.234. The van der Waals surface area contributed by atoms with Crippen molar-refractivity contribution in [3.8, 4) is 0 Å². The van der Waals surface area contributed by atoms with Gasteiger partial charge in [-0.15, -0.1) is 0 Å². The third-order valence-electron chi connectivity index (χ3n) is 6.25. The highest BCUT2D eigenvalue weighted by Gasteiger charge is 2.18. The molecule has 0 amide bonds. The van der Waals surface area contributed by atoms with Gasteiger partial charge in [-0.2, -0.15) is 0 Å². The van der Waals surface area contributed by atoms with Crippen LogP contribution < -0.4 is 0 Å². The number of ether oxygens (including phenoxy) is 1. The van der Waals surface area contributed by atoms with Crippen molar-refractivity contribution in [3.63, 3.8) is 0 Å². The minimum atomic E-state index is 0.735. The standard InChI is InChI=1S/C29H43N3O/c1-3-5-7-8-9-10-11-12-13-16-24-18-19-25(31-24)22-28-29(33-21-14-6-4-2)23-27(32-28)26-17-15-20-30-26/h15,17-20,22-23,30-31H,3-14,16,21H2,1-2H3/b28-22-. The zero-order chi connectivity index (χ0) is 23.1. The van der Waals surface area contributed by atoms with E-state index in [1.807, 2.05) is 18.3 Å². The van der Waals surface area contributed by atoms with Gasteiger partial charge in [0.05, 0.1) is 18.0 Å². The number of H-pyrrole nitrogens is 2. The number of nitrogens with zero attached hydrogens (tertiary/aromatic N) is 1. The second-order valence-corrected chi connectivity index (χ2v) is 9.19. The Kier molecular flexibility index (Phi) is 11.1. The number of allylic oxidation sites excluding steroid dienone is 1. The van der Waals surface area contributed by atoms with E-state index in [2.05, 4.69) is 48.1 Å². The lowest BCUT2D eigenvalue weighted by atomic mass is 10.1. The summed E-state index contributed by atoms with van der Waals surface area (Å²) in [7, 11) is 0. The van der Waals surface area contributed by atoms with Crippen LogP contribution in [0.2, 0.25) is 0 Å². The Balaban J connectivity index is 1.49. The van der Waals surface area contributed by atoms with Gasteiger partial charge in [0.15, 0.2) is 0 Å². The van der Waals surface area contributed by atoms with Gasteiger partial charge in [0.2, 0.25) is 0 Å². The summed E-state index contributed by atoms with van der Waals surface area (Å²) in [5, 5.41) is 0. The molecule has 3 heterocycles. The monoisotopic (exact) mass is 449 g/mol. The maximum Gasteiger partial charge on any atom is 0.147 e. The second kappa shape index (κ2) is 14.6. The minimum Gasteiger partial charge on any atom is -0.491 e. The van der Waals surface area contributed by atoms with Gasteiger partial charge < -0.3 is 14.7 Å². The smallest absolute Gasteiger partial charge is 0.147 e. The molecule has 0 saturated carbocycles. The van der Waals surface area contributed by atoms with Crippen molar-refractivity contribution in [1.29, 1.82) is 0 Å². The first kappa shape index (κ1) is 25.1. The van der Waals surface area contributed by atoms with Crippen LogP contribution in [0.25, 0.3) is 6.08 Å². The van der Waals surface area contributed by atoms with Gasteiger partial charge in [-0.25, -0.2) is 4.99 Å². The van der Waals surface area contributed by atoms with E-state index < -0.39 is 0 Å². The van der Waals surface area contributed by atoms with Gasteiger partial charge in [0.25, 0.3) is 0 Å². The van der Waals surface area contributed by atoms with Crippen molar-refractivity contribution >= 4 is 11.8 Å². The molecule has 0 aromatic carbocycles. The van der Waals surface area contributed by atoms with Crippen molar-refractivity contribution < 1.29 is 4.74 Å². The first-order valence-corrected chi connectivity index (χ1v) is 13.3. The molecular weight excluding hydrogens is 406 g/mol. The summed E-state index contributed by atoms with van der Waals surface area (Å²) in [6.07, 6.45) is 23.0. The van der Waals surface area contributed by atoms with Crippen LogP contribution in [-0.4, -0.2) is 22.3 Å².